The number of aliphatic imine (C=N–C) groups is 1. The quantitative estimate of drug-likeness (QED) is 0.609. The Morgan fingerprint density at radius 2 is 1.94 bits per heavy atom. The molecule has 0 aromatic carbocycles. The van der Waals surface area contributed by atoms with E-state index in [2.05, 4.69) is 9.89 Å². The van der Waals surface area contributed by atoms with Crippen molar-refractivity contribution in [1.29, 1.82) is 0 Å². The van der Waals surface area contributed by atoms with Crippen molar-refractivity contribution in [3.63, 3.8) is 0 Å². The first-order chi connectivity index (χ1) is 8.70. The van der Waals surface area contributed by atoms with E-state index in [1.807, 2.05) is 0 Å². The first-order valence-corrected chi connectivity index (χ1v) is 7.55. The molecule has 0 aromatic rings. The summed E-state index contributed by atoms with van der Waals surface area (Å²) >= 11 is 1.71. The highest BCUT2D eigenvalue weighted by Crippen LogP contribution is 2.41. The largest absolute Gasteiger partial charge is 0.396 e. The molecule has 3 N–H and O–H groups in total. The molecule has 3 rings (SSSR count). The van der Waals surface area contributed by atoms with E-state index >= 15 is 0 Å². The van der Waals surface area contributed by atoms with Gasteiger partial charge in [0.25, 0.3) is 0 Å². The van der Waals surface area contributed by atoms with Gasteiger partial charge in [0.1, 0.15) is 6.10 Å². The Morgan fingerprint density at radius 1 is 1.22 bits per heavy atom. The fourth-order valence-corrected chi connectivity index (χ4v) is 4.59. The van der Waals surface area contributed by atoms with Gasteiger partial charge in [0.2, 0.25) is 0 Å². The monoisotopic (exact) mass is 272 g/mol. The fraction of sp³-hybridized carbons (Fsp3) is 0.917. The van der Waals surface area contributed by atoms with Gasteiger partial charge in [0.05, 0.1) is 12.1 Å². The molecule has 18 heavy (non-hydrogen) atoms. The molecule has 102 valence electrons. The van der Waals surface area contributed by atoms with Crippen LogP contribution in [0.25, 0.3) is 0 Å². The van der Waals surface area contributed by atoms with E-state index in [1.165, 1.54) is 12.8 Å². The van der Waals surface area contributed by atoms with Crippen molar-refractivity contribution in [2.24, 2.45) is 10.9 Å². The molecule has 5 nitrogen and oxygen atoms in total. The number of aliphatic hydroxyl groups excluding tert-OH is 3. The van der Waals surface area contributed by atoms with Gasteiger partial charge < -0.3 is 20.2 Å². The molecule has 1 saturated heterocycles. The van der Waals surface area contributed by atoms with Gasteiger partial charge in [-0.1, -0.05) is 11.8 Å². The number of hydrogen-bond donors (Lipinski definition) is 3. The molecule has 0 spiro atoms. The van der Waals surface area contributed by atoms with Crippen LogP contribution in [0.4, 0.5) is 0 Å². The minimum atomic E-state index is -0.849. The predicted molar refractivity (Wildman–Crippen MR) is 70.6 cm³/mol. The highest BCUT2D eigenvalue weighted by Gasteiger charge is 2.47. The maximum absolute atomic E-state index is 10.1. The number of amidine groups is 1. The summed E-state index contributed by atoms with van der Waals surface area (Å²) in [6.45, 7) is 2.03. The lowest BCUT2D eigenvalue weighted by atomic mass is 9.81. The van der Waals surface area contributed by atoms with Gasteiger partial charge >= 0.3 is 0 Å². The number of hydrogen-bond acceptors (Lipinski definition) is 6. The lowest BCUT2D eigenvalue weighted by Crippen LogP contribution is -2.51. The molecular weight excluding hydrogens is 252 g/mol. The zero-order chi connectivity index (χ0) is 12.7. The van der Waals surface area contributed by atoms with Crippen molar-refractivity contribution in [3.05, 3.63) is 0 Å². The summed E-state index contributed by atoms with van der Waals surface area (Å²) in [5.41, 5.74) is 0. The maximum atomic E-state index is 10.1. The number of rotatable bonds is 1. The normalized spacial score (nSPS) is 44.1. The Labute approximate surface area is 111 Å². The minimum Gasteiger partial charge on any atom is -0.396 e. The van der Waals surface area contributed by atoms with Gasteiger partial charge in [0, 0.05) is 30.9 Å². The van der Waals surface area contributed by atoms with E-state index < -0.39 is 12.2 Å². The topological polar surface area (TPSA) is 76.3 Å². The van der Waals surface area contributed by atoms with Crippen molar-refractivity contribution in [2.45, 2.75) is 42.8 Å². The molecule has 2 heterocycles. The second-order valence-corrected chi connectivity index (χ2v) is 6.62. The van der Waals surface area contributed by atoms with Crippen molar-refractivity contribution in [3.8, 4) is 0 Å². The summed E-state index contributed by atoms with van der Waals surface area (Å²) in [6, 6.07) is -0.205. The molecular formula is C12H20N2O3S. The second kappa shape index (κ2) is 5.00. The Balaban J connectivity index is 1.74. The average molecular weight is 272 g/mol. The van der Waals surface area contributed by atoms with Crippen LogP contribution in [0.2, 0.25) is 0 Å². The Hall–Kier alpha value is -0.300. The third-order valence-corrected chi connectivity index (χ3v) is 5.57. The zero-order valence-electron chi connectivity index (χ0n) is 10.3. The average Bonchev–Trinajstić information content (AvgIpc) is 3.01. The van der Waals surface area contributed by atoms with Crippen molar-refractivity contribution in [1.82, 2.24) is 4.90 Å². The van der Waals surface area contributed by atoms with Crippen LogP contribution in [0.1, 0.15) is 19.3 Å². The standard InChI is InChI=1S/C12H20N2O3S/c15-6-7-5-8-9(11(17)10(7)16)13-12(18-8)14-3-1-2-4-14/h7-11,15-17H,1-6H2/t7-,8+,9+,10?,11-/m1/s1. The second-order valence-electron chi connectivity index (χ2n) is 5.41. The van der Waals surface area contributed by atoms with Crippen LogP contribution >= 0.6 is 11.8 Å². The summed E-state index contributed by atoms with van der Waals surface area (Å²) in [6.07, 6.45) is 1.45. The molecule has 0 radical (unpaired) electrons. The van der Waals surface area contributed by atoms with Gasteiger partial charge in [-0.2, -0.15) is 0 Å². The summed E-state index contributed by atoms with van der Waals surface area (Å²) < 4.78 is 0. The van der Waals surface area contributed by atoms with Gasteiger partial charge in [-0.25, -0.2) is 0 Å². The van der Waals surface area contributed by atoms with Crippen LogP contribution in [-0.4, -0.2) is 68.6 Å². The van der Waals surface area contributed by atoms with Crippen LogP contribution in [0, 0.1) is 5.92 Å². The van der Waals surface area contributed by atoms with E-state index in [-0.39, 0.29) is 23.8 Å². The van der Waals surface area contributed by atoms with Crippen LogP contribution in [0.15, 0.2) is 4.99 Å². The smallest absolute Gasteiger partial charge is 0.159 e. The van der Waals surface area contributed by atoms with Crippen LogP contribution in [0.3, 0.4) is 0 Å². The lowest BCUT2D eigenvalue weighted by Gasteiger charge is -2.37. The highest BCUT2D eigenvalue weighted by molar-refractivity contribution is 8.14. The molecule has 2 aliphatic heterocycles. The third kappa shape index (κ3) is 2.05. The molecule has 1 aliphatic carbocycles. The Kier molecular flexibility index (Phi) is 3.53. The maximum Gasteiger partial charge on any atom is 0.159 e. The van der Waals surface area contributed by atoms with E-state index in [9.17, 15) is 15.3 Å². The molecule has 0 aromatic heterocycles. The van der Waals surface area contributed by atoms with E-state index in [4.69, 9.17) is 0 Å². The zero-order valence-corrected chi connectivity index (χ0v) is 11.1. The van der Waals surface area contributed by atoms with Crippen molar-refractivity contribution >= 4 is 16.9 Å². The summed E-state index contributed by atoms with van der Waals surface area (Å²) in [5.74, 6) is -0.220. The molecule has 2 fully saturated rings. The van der Waals surface area contributed by atoms with Crippen LogP contribution in [-0.2, 0) is 0 Å². The third-order valence-electron chi connectivity index (χ3n) is 4.23. The van der Waals surface area contributed by atoms with Crippen LogP contribution < -0.4 is 0 Å². The van der Waals surface area contributed by atoms with Gasteiger partial charge in [-0.05, 0) is 19.3 Å². The highest BCUT2D eigenvalue weighted by atomic mass is 32.2. The first kappa shape index (κ1) is 12.7. The molecule has 0 bridgehead atoms. The van der Waals surface area contributed by atoms with E-state index in [0.29, 0.717) is 0 Å². The first-order valence-electron chi connectivity index (χ1n) is 6.67. The molecule has 0 amide bonds. The Bertz CT molecular complexity index is 346. The van der Waals surface area contributed by atoms with Gasteiger partial charge in [-0.15, -0.1) is 0 Å². The molecule has 1 unspecified atom stereocenters. The summed E-state index contributed by atoms with van der Waals surface area (Å²) in [4.78, 5) is 6.88. The number of aliphatic hydroxyl groups is 3. The SMILES string of the molecule is OC[C@H]1C[C@@H]2SC(N3CCCC3)=N[C@@H]2[C@@H](O)C1O. The lowest BCUT2D eigenvalue weighted by molar-refractivity contribution is -0.0646. The summed E-state index contributed by atoms with van der Waals surface area (Å²) in [7, 11) is 0. The molecule has 6 heteroatoms. The van der Waals surface area contributed by atoms with Crippen molar-refractivity contribution < 1.29 is 15.3 Å². The minimum absolute atomic E-state index is 0.0684. The van der Waals surface area contributed by atoms with E-state index in [1.54, 1.807) is 11.8 Å². The predicted octanol–water partition coefficient (Wildman–Crippen LogP) is -0.344. The Morgan fingerprint density at radius 3 is 2.61 bits per heavy atom. The number of likely N-dealkylation sites (tertiary alicyclic amines) is 1. The number of fused-ring (bicyclic) bond motifs is 1. The summed E-state index contributed by atoms with van der Waals surface area (Å²) in [5, 5.41) is 30.5. The van der Waals surface area contributed by atoms with E-state index in [0.717, 1.165) is 24.7 Å². The van der Waals surface area contributed by atoms with Gasteiger partial charge in [-0.3, -0.25) is 4.99 Å². The molecule has 3 aliphatic rings. The number of thioether (sulfide) groups is 1. The molecule has 5 atom stereocenters. The van der Waals surface area contributed by atoms with Crippen molar-refractivity contribution in [2.75, 3.05) is 19.7 Å². The van der Waals surface area contributed by atoms with Crippen LogP contribution in [0.5, 0.6) is 0 Å². The molecule has 1 saturated carbocycles. The van der Waals surface area contributed by atoms with Gasteiger partial charge in [0.15, 0.2) is 5.17 Å². The number of nitrogens with zero attached hydrogens (tertiary/aromatic N) is 2. The fourth-order valence-electron chi connectivity index (χ4n) is 3.10.